The van der Waals surface area contributed by atoms with Gasteiger partial charge in [-0.15, -0.1) is 0 Å². The number of amides is 3. The lowest BCUT2D eigenvalue weighted by atomic mass is 9.86. The number of aryl methyl sites for hydroxylation is 1. The number of nitrogens with one attached hydrogen (secondary N) is 2. The molecule has 7 nitrogen and oxygen atoms in total. The number of carbonyl (C=O) groups is 2. The summed E-state index contributed by atoms with van der Waals surface area (Å²) in [5.41, 5.74) is 5.13. The molecule has 1 fully saturated rings. The maximum absolute atomic E-state index is 13.8. The molecule has 0 atom stereocenters. The highest BCUT2D eigenvalue weighted by molar-refractivity contribution is 6.31. The van der Waals surface area contributed by atoms with Crippen LogP contribution in [-0.4, -0.2) is 43.0 Å². The van der Waals surface area contributed by atoms with E-state index in [-0.39, 0.29) is 17.9 Å². The van der Waals surface area contributed by atoms with Crippen molar-refractivity contribution in [3.63, 3.8) is 0 Å². The van der Waals surface area contributed by atoms with Gasteiger partial charge in [0.15, 0.2) is 0 Å². The van der Waals surface area contributed by atoms with Gasteiger partial charge in [0.25, 0.3) is 0 Å². The molecule has 4 aromatic carbocycles. The van der Waals surface area contributed by atoms with E-state index in [2.05, 4.69) is 15.5 Å². The smallest absolute Gasteiger partial charge is 0.323 e. The average molecular weight is 553 g/mol. The van der Waals surface area contributed by atoms with Crippen molar-refractivity contribution in [1.29, 1.82) is 0 Å². The Morgan fingerprint density at radius 3 is 1.98 bits per heavy atom. The van der Waals surface area contributed by atoms with Crippen LogP contribution in [0.15, 0.2) is 91.0 Å². The van der Waals surface area contributed by atoms with E-state index in [0.717, 1.165) is 47.0 Å². The predicted molar refractivity (Wildman–Crippen MR) is 159 cm³/mol. The monoisotopic (exact) mass is 552 g/mol. The third kappa shape index (κ3) is 5.20. The maximum Gasteiger partial charge on any atom is 0.323 e. The molecule has 6 rings (SSSR count). The molecule has 2 aliphatic rings. The van der Waals surface area contributed by atoms with Crippen LogP contribution in [0, 0.1) is 6.92 Å². The molecule has 3 amide bonds. The van der Waals surface area contributed by atoms with Gasteiger partial charge in [-0.2, -0.15) is 0 Å². The molecule has 0 saturated carbocycles. The molecule has 202 valence electrons. The lowest BCUT2D eigenvalue weighted by Crippen LogP contribution is -2.50. The molecule has 40 heavy (non-hydrogen) atoms. The van der Waals surface area contributed by atoms with E-state index in [0.29, 0.717) is 29.5 Å². The van der Waals surface area contributed by atoms with Crippen molar-refractivity contribution in [3.05, 3.63) is 113 Å². The van der Waals surface area contributed by atoms with Gasteiger partial charge in [0.1, 0.15) is 11.5 Å². The Morgan fingerprint density at radius 1 is 0.775 bits per heavy atom. The van der Waals surface area contributed by atoms with Gasteiger partial charge >= 0.3 is 6.03 Å². The fourth-order valence-electron chi connectivity index (χ4n) is 5.26. The third-order valence-corrected chi connectivity index (χ3v) is 7.85. The van der Waals surface area contributed by atoms with Crippen LogP contribution < -0.4 is 20.3 Å². The summed E-state index contributed by atoms with van der Waals surface area (Å²) < 4.78 is 6.08. The lowest BCUT2D eigenvalue weighted by molar-refractivity contribution is -0.132. The van der Waals surface area contributed by atoms with Gasteiger partial charge in [0.05, 0.1) is 5.92 Å². The molecule has 0 radical (unpaired) electrons. The van der Waals surface area contributed by atoms with Crippen molar-refractivity contribution in [2.24, 2.45) is 0 Å². The number of anilines is 3. The van der Waals surface area contributed by atoms with E-state index in [9.17, 15) is 9.59 Å². The second-order valence-corrected chi connectivity index (χ2v) is 10.4. The van der Waals surface area contributed by atoms with Crippen LogP contribution in [0.3, 0.4) is 0 Å². The van der Waals surface area contributed by atoms with Crippen LogP contribution in [0.4, 0.5) is 21.9 Å². The van der Waals surface area contributed by atoms with Crippen LogP contribution in [0.25, 0.3) is 0 Å². The molecule has 0 unspecified atom stereocenters. The van der Waals surface area contributed by atoms with Crippen LogP contribution in [0.5, 0.6) is 11.5 Å². The molecule has 1 saturated heterocycles. The zero-order valence-corrected chi connectivity index (χ0v) is 22.8. The molecule has 8 heteroatoms. The van der Waals surface area contributed by atoms with E-state index in [1.807, 2.05) is 96.8 Å². The van der Waals surface area contributed by atoms with Gasteiger partial charge in [0, 0.05) is 59.4 Å². The van der Waals surface area contributed by atoms with Gasteiger partial charge in [0.2, 0.25) is 5.91 Å². The van der Waals surface area contributed by atoms with Crippen LogP contribution in [0.1, 0.15) is 22.6 Å². The number of fused-ring (bicyclic) bond motifs is 2. The molecule has 0 aromatic heterocycles. The topological polar surface area (TPSA) is 73.9 Å². The summed E-state index contributed by atoms with van der Waals surface area (Å²) in [6.07, 6.45) is 0. The number of halogens is 1. The zero-order chi connectivity index (χ0) is 27.6. The first-order chi connectivity index (χ1) is 19.5. The third-order valence-electron chi connectivity index (χ3n) is 7.44. The highest BCUT2D eigenvalue weighted by Crippen LogP contribution is 2.44. The Morgan fingerprint density at radius 2 is 1.35 bits per heavy atom. The Labute approximate surface area is 238 Å². The second kappa shape index (κ2) is 10.9. The Bertz CT molecular complexity index is 1520. The van der Waals surface area contributed by atoms with Gasteiger partial charge in [-0.05, 0) is 61.0 Å². The number of hydrogen-bond acceptors (Lipinski definition) is 4. The van der Waals surface area contributed by atoms with Crippen molar-refractivity contribution in [2.75, 3.05) is 41.7 Å². The first-order valence-corrected chi connectivity index (χ1v) is 13.7. The number of benzene rings is 4. The minimum Gasteiger partial charge on any atom is -0.457 e. The van der Waals surface area contributed by atoms with E-state index in [1.165, 1.54) is 0 Å². The van der Waals surface area contributed by atoms with E-state index in [4.69, 9.17) is 16.3 Å². The number of hydrogen-bond donors (Lipinski definition) is 2. The van der Waals surface area contributed by atoms with Crippen molar-refractivity contribution >= 4 is 40.6 Å². The van der Waals surface area contributed by atoms with Gasteiger partial charge in [-0.3, -0.25) is 4.79 Å². The first-order valence-electron chi connectivity index (χ1n) is 13.3. The van der Waals surface area contributed by atoms with Crippen molar-refractivity contribution in [3.8, 4) is 11.5 Å². The quantitative estimate of drug-likeness (QED) is 0.289. The largest absolute Gasteiger partial charge is 0.457 e. The molecule has 2 aliphatic heterocycles. The van der Waals surface area contributed by atoms with Crippen LogP contribution in [0.2, 0.25) is 5.02 Å². The summed E-state index contributed by atoms with van der Waals surface area (Å²) in [6.45, 7) is 4.61. The van der Waals surface area contributed by atoms with Crippen molar-refractivity contribution < 1.29 is 14.3 Å². The number of urea groups is 1. The molecular weight excluding hydrogens is 524 g/mol. The maximum atomic E-state index is 13.8. The SMILES string of the molecule is Cc1ccc(NC(=O)Nc2ccc(N3CCN(C(=O)C4c5ccccc5Oc5ccccc54)CC3)cc2)cc1Cl. The standard InChI is InChI=1S/C32H29ClN4O3/c1-21-10-11-23(20-27(21)33)35-32(39)34-22-12-14-24(15-13-22)36-16-18-37(19-17-36)31(38)30-25-6-2-4-8-28(25)40-29-9-5-3-7-26(29)30/h2-15,20,30H,16-19H2,1H3,(H2,34,35,39). The first kappa shape index (κ1) is 25.8. The minimum atomic E-state index is -0.375. The van der Waals surface area contributed by atoms with E-state index < -0.39 is 0 Å². The highest BCUT2D eigenvalue weighted by atomic mass is 35.5. The van der Waals surface area contributed by atoms with Crippen molar-refractivity contribution in [1.82, 2.24) is 4.90 Å². The number of carbonyl (C=O) groups excluding carboxylic acids is 2. The normalized spacial score (nSPS) is 14.6. The Balaban J connectivity index is 1.08. The van der Waals surface area contributed by atoms with Crippen LogP contribution >= 0.6 is 11.6 Å². The number of para-hydroxylation sites is 2. The number of ether oxygens (including phenoxy) is 1. The average Bonchev–Trinajstić information content (AvgIpc) is 2.98. The molecule has 2 N–H and O–H groups in total. The predicted octanol–water partition coefficient (Wildman–Crippen LogP) is 6.88. The summed E-state index contributed by atoms with van der Waals surface area (Å²) in [6, 6.07) is 28.4. The van der Waals surface area contributed by atoms with Gasteiger partial charge in [-0.25, -0.2) is 4.79 Å². The summed E-state index contributed by atoms with van der Waals surface area (Å²) >= 11 is 6.15. The molecule has 0 spiro atoms. The molecule has 0 aliphatic carbocycles. The van der Waals surface area contributed by atoms with Crippen LogP contribution in [-0.2, 0) is 4.79 Å². The van der Waals surface area contributed by atoms with Gasteiger partial charge < -0.3 is 25.2 Å². The second-order valence-electron chi connectivity index (χ2n) is 10.0. The number of rotatable bonds is 4. The van der Waals surface area contributed by atoms with Crippen molar-refractivity contribution in [2.45, 2.75) is 12.8 Å². The van der Waals surface area contributed by atoms with E-state index in [1.54, 1.807) is 6.07 Å². The fraction of sp³-hybridized carbons (Fsp3) is 0.188. The highest BCUT2D eigenvalue weighted by Gasteiger charge is 2.36. The summed E-state index contributed by atoms with van der Waals surface area (Å²) in [5.74, 6) is 1.20. The molecule has 0 bridgehead atoms. The van der Waals surface area contributed by atoms with E-state index >= 15 is 0 Å². The Hall–Kier alpha value is -4.49. The Kier molecular flexibility index (Phi) is 7.05. The molecule has 4 aromatic rings. The zero-order valence-electron chi connectivity index (χ0n) is 22.1. The summed E-state index contributed by atoms with van der Waals surface area (Å²) in [5, 5.41) is 6.26. The fourth-order valence-corrected chi connectivity index (χ4v) is 5.44. The lowest BCUT2D eigenvalue weighted by Gasteiger charge is -2.38. The minimum absolute atomic E-state index is 0.100. The molecular formula is C32H29ClN4O3. The number of piperazine rings is 1. The van der Waals surface area contributed by atoms with Gasteiger partial charge in [-0.1, -0.05) is 54.1 Å². The summed E-state index contributed by atoms with van der Waals surface area (Å²) in [7, 11) is 0. The molecule has 2 heterocycles. The number of nitrogens with zero attached hydrogens (tertiary/aromatic N) is 2. The summed E-state index contributed by atoms with van der Waals surface area (Å²) in [4.78, 5) is 30.5.